The molecule has 1 aromatic heterocycles. The van der Waals surface area contributed by atoms with Crippen molar-refractivity contribution in [3.05, 3.63) is 17.5 Å². The first kappa shape index (κ1) is 5.92. The highest BCUT2D eigenvalue weighted by molar-refractivity contribution is 5.24. The summed E-state index contributed by atoms with van der Waals surface area (Å²) in [5.74, 6) is 1.54. The molecular formula is C7H10N2O. The summed E-state index contributed by atoms with van der Waals surface area (Å²) in [4.78, 5) is 0. The van der Waals surface area contributed by atoms with Crippen LogP contribution in [0, 0.1) is 0 Å². The van der Waals surface area contributed by atoms with Crippen molar-refractivity contribution < 1.29 is 4.52 Å². The van der Waals surface area contributed by atoms with Crippen LogP contribution in [-0.4, -0.2) is 11.7 Å². The maximum absolute atomic E-state index is 5.54. The summed E-state index contributed by atoms with van der Waals surface area (Å²) < 4.78 is 5.00. The molecule has 3 heteroatoms. The predicted octanol–water partition coefficient (Wildman–Crippen LogP) is 0.663. The number of hydrogen-bond donors (Lipinski definition) is 1. The van der Waals surface area contributed by atoms with Gasteiger partial charge in [0.1, 0.15) is 5.76 Å². The second-order valence-corrected chi connectivity index (χ2v) is 2.68. The van der Waals surface area contributed by atoms with Gasteiger partial charge in [0.15, 0.2) is 0 Å². The molecule has 0 saturated heterocycles. The monoisotopic (exact) mass is 138 g/mol. The zero-order valence-electron chi connectivity index (χ0n) is 5.71. The minimum Gasteiger partial charge on any atom is -0.361 e. The Labute approximate surface area is 59.2 Å². The van der Waals surface area contributed by atoms with Gasteiger partial charge in [-0.1, -0.05) is 5.16 Å². The fourth-order valence-electron chi connectivity index (χ4n) is 1.50. The van der Waals surface area contributed by atoms with E-state index in [0.29, 0.717) is 12.5 Å². The largest absolute Gasteiger partial charge is 0.361 e. The normalized spacial score (nSPS) is 23.1. The molecule has 1 atom stereocenters. The van der Waals surface area contributed by atoms with Gasteiger partial charge in [-0.05, 0) is 13.0 Å². The topological polar surface area (TPSA) is 52.0 Å². The molecular weight excluding hydrogens is 128 g/mol. The average Bonchev–Trinajstić information content (AvgIpc) is 2.44. The zero-order chi connectivity index (χ0) is 6.97. The van der Waals surface area contributed by atoms with Crippen LogP contribution in [0.15, 0.2) is 10.7 Å². The number of nitrogens with two attached hydrogens (primary N) is 1. The van der Waals surface area contributed by atoms with Gasteiger partial charge in [0, 0.05) is 17.9 Å². The van der Waals surface area contributed by atoms with Crippen molar-refractivity contribution in [2.24, 2.45) is 5.73 Å². The minimum atomic E-state index is 0.501. The van der Waals surface area contributed by atoms with Crippen molar-refractivity contribution in [3.8, 4) is 0 Å². The van der Waals surface area contributed by atoms with Crippen LogP contribution in [0.25, 0.3) is 0 Å². The summed E-state index contributed by atoms with van der Waals surface area (Å²) in [7, 11) is 0. The van der Waals surface area contributed by atoms with Crippen LogP contribution in [0.5, 0.6) is 0 Å². The van der Waals surface area contributed by atoms with Crippen molar-refractivity contribution in [2.75, 3.05) is 6.54 Å². The summed E-state index contributed by atoms with van der Waals surface area (Å²) in [5.41, 5.74) is 6.76. The third kappa shape index (κ3) is 0.671. The molecule has 0 bridgehead atoms. The van der Waals surface area contributed by atoms with E-state index in [1.165, 1.54) is 5.56 Å². The van der Waals surface area contributed by atoms with E-state index in [0.717, 1.165) is 18.6 Å². The highest BCUT2D eigenvalue weighted by Gasteiger charge is 2.24. The number of nitrogens with zero attached hydrogens (tertiary/aromatic N) is 1. The van der Waals surface area contributed by atoms with E-state index in [9.17, 15) is 0 Å². The summed E-state index contributed by atoms with van der Waals surface area (Å²) in [6.45, 7) is 0.716. The second-order valence-electron chi connectivity index (χ2n) is 2.68. The van der Waals surface area contributed by atoms with Gasteiger partial charge in [-0.15, -0.1) is 0 Å². The first-order valence-electron chi connectivity index (χ1n) is 3.55. The number of rotatable bonds is 1. The number of fused-ring (bicyclic) bond motifs is 1. The Morgan fingerprint density at radius 3 is 3.50 bits per heavy atom. The molecule has 1 aliphatic rings. The maximum Gasteiger partial charge on any atom is 0.140 e. The van der Waals surface area contributed by atoms with Gasteiger partial charge in [0.2, 0.25) is 0 Å². The molecule has 3 nitrogen and oxygen atoms in total. The Balaban J connectivity index is 2.34. The summed E-state index contributed by atoms with van der Waals surface area (Å²) in [6, 6.07) is 0. The van der Waals surface area contributed by atoms with Gasteiger partial charge >= 0.3 is 0 Å². The standard InChI is InChI=1S/C7H10N2O/c8-3-5-1-2-7-6(5)4-9-10-7/h4-5H,1-3,8H2. The Kier molecular flexibility index (Phi) is 1.24. The third-order valence-electron chi connectivity index (χ3n) is 2.12. The van der Waals surface area contributed by atoms with Crippen molar-refractivity contribution >= 4 is 0 Å². The SMILES string of the molecule is NCC1CCc2oncc21. The quantitative estimate of drug-likeness (QED) is 0.620. The molecule has 2 N–H and O–H groups in total. The predicted molar refractivity (Wildman–Crippen MR) is 36.6 cm³/mol. The van der Waals surface area contributed by atoms with Gasteiger partial charge < -0.3 is 10.3 Å². The molecule has 1 heterocycles. The molecule has 0 aliphatic heterocycles. The molecule has 0 amide bonds. The molecule has 54 valence electrons. The zero-order valence-corrected chi connectivity index (χ0v) is 5.71. The summed E-state index contributed by atoms with van der Waals surface area (Å²) in [6.07, 6.45) is 3.93. The molecule has 1 aromatic rings. The fraction of sp³-hybridized carbons (Fsp3) is 0.571. The molecule has 0 aromatic carbocycles. The first-order valence-corrected chi connectivity index (χ1v) is 3.55. The van der Waals surface area contributed by atoms with Crippen LogP contribution >= 0.6 is 0 Å². The molecule has 10 heavy (non-hydrogen) atoms. The lowest BCUT2D eigenvalue weighted by molar-refractivity contribution is 0.385. The summed E-state index contributed by atoms with van der Waals surface area (Å²) in [5, 5.41) is 3.71. The van der Waals surface area contributed by atoms with E-state index in [1.54, 1.807) is 6.20 Å². The number of aromatic nitrogens is 1. The molecule has 0 saturated carbocycles. The van der Waals surface area contributed by atoms with Gasteiger partial charge in [-0.2, -0.15) is 0 Å². The van der Waals surface area contributed by atoms with Crippen LogP contribution in [0.4, 0.5) is 0 Å². The van der Waals surface area contributed by atoms with Crippen molar-refractivity contribution in [3.63, 3.8) is 0 Å². The fourth-order valence-corrected chi connectivity index (χ4v) is 1.50. The third-order valence-corrected chi connectivity index (χ3v) is 2.12. The van der Waals surface area contributed by atoms with Crippen molar-refractivity contribution in [2.45, 2.75) is 18.8 Å². The molecule has 1 unspecified atom stereocenters. The van der Waals surface area contributed by atoms with Crippen LogP contribution < -0.4 is 5.73 Å². The Hall–Kier alpha value is -0.830. The molecule has 0 radical (unpaired) electrons. The lowest BCUT2D eigenvalue weighted by Gasteiger charge is -2.01. The van der Waals surface area contributed by atoms with E-state index in [2.05, 4.69) is 5.16 Å². The molecule has 2 rings (SSSR count). The van der Waals surface area contributed by atoms with Crippen LogP contribution in [0.3, 0.4) is 0 Å². The molecule has 0 spiro atoms. The Bertz CT molecular complexity index is 231. The smallest absolute Gasteiger partial charge is 0.140 e. The number of hydrogen-bond acceptors (Lipinski definition) is 3. The van der Waals surface area contributed by atoms with Crippen LogP contribution in [0.2, 0.25) is 0 Å². The van der Waals surface area contributed by atoms with E-state index >= 15 is 0 Å². The van der Waals surface area contributed by atoms with E-state index in [-0.39, 0.29) is 0 Å². The van der Waals surface area contributed by atoms with Gasteiger partial charge in [0.05, 0.1) is 6.20 Å². The summed E-state index contributed by atoms with van der Waals surface area (Å²) >= 11 is 0. The van der Waals surface area contributed by atoms with Crippen LogP contribution in [-0.2, 0) is 6.42 Å². The highest BCUT2D eigenvalue weighted by atomic mass is 16.5. The van der Waals surface area contributed by atoms with Crippen LogP contribution in [0.1, 0.15) is 23.7 Å². The Morgan fingerprint density at radius 2 is 2.70 bits per heavy atom. The molecule has 1 aliphatic carbocycles. The maximum atomic E-state index is 5.54. The average molecular weight is 138 g/mol. The lowest BCUT2D eigenvalue weighted by atomic mass is 10.1. The number of aryl methyl sites for hydroxylation is 1. The molecule has 0 fully saturated rings. The highest BCUT2D eigenvalue weighted by Crippen LogP contribution is 2.31. The van der Waals surface area contributed by atoms with E-state index in [4.69, 9.17) is 10.3 Å². The van der Waals surface area contributed by atoms with Gasteiger partial charge in [-0.25, -0.2) is 0 Å². The van der Waals surface area contributed by atoms with Gasteiger partial charge in [0.25, 0.3) is 0 Å². The second kappa shape index (κ2) is 2.09. The minimum absolute atomic E-state index is 0.501. The Morgan fingerprint density at radius 1 is 1.80 bits per heavy atom. The van der Waals surface area contributed by atoms with Gasteiger partial charge in [-0.3, -0.25) is 0 Å². The first-order chi connectivity index (χ1) is 4.92. The van der Waals surface area contributed by atoms with Crippen molar-refractivity contribution in [1.29, 1.82) is 0 Å². The van der Waals surface area contributed by atoms with E-state index < -0.39 is 0 Å². The lowest BCUT2D eigenvalue weighted by Crippen LogP contribution is -2.08. The van der Waals surface area contributed by atoms with E-state index in [1.807, 2.05) is 0 Å². The van der Waals surface area contributed by atoms with Crippen molar-refractivity contribution in [1.82, 2.24) is 5.16 Å².